The van der Waals surface area contributed by atoms with Crippen molar-refractivity contribution in [2.24, 2.45) is 0 Å². The number of carbonyl (C=O) groups is 2. The van der Waals surface area contributed by atoms with E-state index in [1.165, 1.54) is 4.90 Å². The Morgan fingerprint density at radius 2 is 2.11 bits per heavy atom. The lowest BCUT2D eigenvalue weighted by Crippen LogP contribution is -2.35. The summed E-state index contributed by atoms with van der Waals surface area (Å²) in [5.74, 6) is -1.17. The summed E-state index contributed by atoms with van der Waals surface area (Å²) >= 11 is 9.29. The number of nitrogens with zero attached hydrogens (tertiary/aromatic N) is 1. The fraction of sp³-hybridized carbons (Fsp3) is 0.385. The predicted octanol–water partition coefficient (Wildman–Crippen LogP) is 2.97. The molecule has 0 bridgehead atoms. The summed E-state index contributed by atoms with van der Waals surface area (Å²) in [7, 11) is 0. The maximum atomic E-state index is 11.9. The zero-order valence-corrected chi connectivity index (χ0v) is 12.9. The first-order valence-corrected chi connectivity index (χ1v) is 7.04. The Kier molecular flexibility index (Phi) is 6.31. The molecule has 1 aromatic rings. The van der Waals surface area contributed by atoms with Crippen molar-refractivity contribution >= 4 is 39.4 Å². The summed E-state index contributed by atoms with van der Waals surface area (Å²) in [5, 5.41) is 9.33. The van der Waals surface area contributed by atoms with Gasteiger partial charge in [-0.1, -0.05) is 27.5 Å². The minimum Gasteiger partial charge on any atom is -0.480 e. The number of aliphatic carboxylic acids is 1. The topological polar surface area (TPSA) is 57.6 Å². The summed E-state index contributed by atoms with van der Waals surface area (Å²) < 4.78 is 0.894. The summed E-state index contributed by atoms with van der Waals surface area (Å²) in [6.45, 7) is 1.89. The van der Waals surface area contributed by atoms with E-state index in [-0.39, 0.29) is 18.9 Å². The lowest BCUT2D eigenvalue weighted by molar-refractivity contribution is -0.144. The van der Waals surface area contributed by atoms with Gasteiger partial charge in [0.15, 0.2) is 0 Å². The Bertz CT molecular complexity index is 479. The summed E-state index contributed by atoms with van der Waals surface area (Å²) in [6.07, 6.45) is 0.788. The molecule has 4 nitrogen and oxygen atoms in total. The van der Waals surface area contributed by atoms with Crippen molar-refractivity contribution in [3.05, 3.63) is 33.3 Å². The highest BCUT2D eigenvalue weighted by Gasteiger charge is 2.15. The van der Waals surface area contributed by atoms with Crippen molar-refractivity contribution in [1.82, 2.24) is 4.90 Å². The van der Waals surface area contributed by atoms with Gasteiger partial charge < -0.3 is 10.0 Å². The number of hydrogen-bond acceptors (Lipinski definition) is 2. The monoisotopic (exact) mass is 347 g/mol. The third kappa shape index (κ3) is 5.20. The van der Waals surface area contributed by atoms with Crippen LogP contribution in [-0.4, -0.2) is 35.0 Å². The fourth-order valence-electron chi connectivity index (χ4n) is 1.67. The van der Waals surface area contributed by atoms with E-state index < -0.39 is 5.97 Å². The molecule has 0 unspecified atom stereocenters. The van der Waals surface area contributed by atoms with Gasteiger partial charge in [0.2, 0.25) is 5.91 Å². The van der Waals surface area contributed by atoms with Gasteiger partial charge in [0, 0.05) is 22.5 Å². The molecular formula is C13H15BrClNO3. The maximum absolute atomic E-state index is 11.9. The Balaban J connectivity index is 2.62. The van der Waals surface area contributed by atoms with Gasteiger partial charge in [-0.2, -0.15) is 0 Å². The fourth-order valence-corrected chi connectivity index (χ4v) is 2.31. The molecule has 0 heterocycles. The van der Waals surface area contributed by atoms with Crippen LogP contribution in [0, 0.1) is 0 Å². The van der Waals surface area contributed by atoms with Crippen molar-refractivity contribution in [2.75, 3.05) is 13.1 Å². The Morgan fingerprint density at radius 3 is 2.68 bits per heavy atom. The van der Waals surface area contributed by atoms with E-state index >= 15 is 0 Å². The highest BCUT2D eigenvalue weighted by molar-refractivity contribution is 9.10. The third-order valence-electron chi connectivity index (χ3n) is 2.68. The lowest BCUT2D eigenvalue weighted by atomic mass is 10.1. The van der Waals surface area contributed by atoms with Gasteiger partial charge in [-0.05, 0) is 37.1 Å². The van der Waals surface area contributed by atoms with Crippen LogP contribution in [0.1, 0.15) is 18.9 Å². The first-order chi connectivity index (χ1) is 8.93. The SMILES string of the molecule is CCN(CC(=O)O)C(=O)CCc1cc(Cl)ccc1Br. The van der Waals surface area contributed by atoms with Crippen LogP contribution in [0.15, 0.2) is 22.7 Å². The number of amides is 1. The summed E-state index contributed by atoms with van der Waals surface area (Å²) in [5.41, 5.74) is 0.937. The molecule has 1 aromatic carbocycles. The number of rotatable bonds is 6. The van der Waals surface area contributed by atoms with Gasteiger partial charge in [0.1, 0.15) is 6.54 Å². The lowest BCUT2D eigenvalue weighted by Gasteiger charge is -2.18. The first-order valence-electron chi connectivity index (χ1n) is 5.87. The van der Waals surface area contributed by atoms with Gasteiger partial charge in [0.05, 0.1) is 0 Å². The highest BCUT2D eigenvalue weighted by Crippen LogP contribution is 2.22. The van der Waals surface area contributed by atoms with Crippen LogP contribution in [0.5, 0.6) is 0 Å². The van der Waals surface area contributed by atoms with Gasteiger partial charge in [-0.15, -0.1) is 0 Å². The molecule has 104 valence electrons. The van der Waals surface area contributed by atoms with Gasteiger partial charge in [-0.3, -0.25) is 9.59 Å². The molecule has 0 radical (unpaired) electrons. The quantitative estimate of drug-likeness (QED) is 0.860. The molecule has 0 aromatic heterocycles. The molecule has 0 aliphatic rings. The molecular weight excluding hydrogens is 334 g/mol. The molecule has 0 fully saturated rings. The second-order valence-electron chi connectivity index (χ2n) is 4.04. The number of benzene rings is 1. The third-order valence-corrected chi connectivity index (χ3v) is 3.69. The highest BCUT2D eigenvalue weighted by atomic mass is 79.9. The van der Waals surface area contributed by atoms with Crippen LogP contribution in [0.25, 0.3) is 0 Å². The van der Waals surface area contributed by atoms with Gasteiger partial charge in [0.25, 0.3) is 0 Å². The molecule has 0 aliphatic heterocycles. The van der Waals surface area contributed by atoms with Crippen molar-refractivity contribution in [2.45, 2.75) is 19.8 Å². The number of carbonyl (C=O) groups excluding carboxylic acids is 1. The van der Waals surface area contributed by atoms with Crippen LogP contribution >= 0.6 is 27.5 Å². The van der Waals surface area contributed by atoms with Crippen LogP contribution in [-0.2, 0) is 16.0 Å². The molecule has 1 rings (SSSR count). The van der Waals surface area contributed by atoms with Gasteiger partial charge >= 0.3 is 5.97 Å². The van der Waals surface area contributed by atoms with Crippen molar-refractivity contribution in [1.29, 1.82) is 0 Å². The Hall–Kier alpha value is -1.07. The average molecular weight is 349 g/mol. The summed E-state index contributed by atoms with van der Waals surface area (Å²) in [6, 6.07) is 5.39. The minimum absolute atomic E-state index is 0.170. The zero-order chi connectivity index (χ0) is 14.4. The molecule has 19 heavy (non-hydrogen) atoms. The predicted molar refractivity (Wildman–Crippen MR) is 77.4 cm³/mol. The van der Waals surface area contributed by atoms with E-state index in [0.29, 0.717) is 18.0 Å². The number of aryl methyl sites for hydroxylation is 1. The number of hydrogen-bond donors (Lipinski definition) is 1. The van der Waals surface area contributed by atoms with E-state index in [2.05, 4.69) is 15.9 Å². The number of likely N-dealkylation sites (N-methyl/N-ethyl adjacent to an activating group) is 1. The minimum atomic E-state index is -1.00. The number of carboxylic acids is 1. The van der Waals surface area contributed by atoms with Crippen LogP contribution < -0.4 is 0 Å². The average Bonchev–Trinajstić information content (AvgIpc) is 2.36. The Morgan fingerprint density at radius 1 is 1.42 bits per heavy atom. The smallest absolute Gasteiger partial charge is 0.323 e. The second kappa shape index (κ2) is 7.50. The molecule has 0 aliphatic carbocycles. The largest absolute Gasteiger partial charge is 0.480 e. The second-order valence-corrected chi connectivity index (χ2v) is 5.33. The van der Waals surface area contributed by atoms with Crippen molar-refractivity contribution in [3.63, 3.8) is 0 Å². The number of halogens is 2. The molecule has 1 amide bonds. The molecule has 0 atom stereocenters. The molecule has 1 N–H and O–H groups in total. The van der Waals surface area contributed by atoms with Crippen molar-refractivity contribution in [3.8, 4) is 0 Å². The summed E-state index contributed by atoms with van der Waals surface area (Å²) in [4.78, 5) is 23.8. The first kappa shape index (κ1) is 16.0. The van der Waals surface area contributed by atoms with E-state index in [4.69, 9.17) is 16.7 Å². The number of carboxylic acid groups (broad SMARTS) is 1. The standard InChI is InChI=1S/C13H15BrClNO3/c1-2-16(8-13(18)19)12(17)6-3-9-7-10(15)4-5-11(9)14/h4-5,7H,2-3,6,8H2,1H3,(H,18,19). The molecule has 0 spiro atoms. The Labute approximate surface area is 125 Å². The normalized spacial score (nSPS) is 10.3. The van der Waals surface area contributed by atoms with Crippen LogP contribution in [0.4, 0.5) is 0 Å². The molecule has 6 heteroatoms. The van der Waals surface area contributed by atoms with Crippen LogP contribution in [0.3, 0.4) is 0 Å². The molecule has 0 saturated heterocycles. The van der Waals surface area contributed by atoms with E-state index in [9.17, 15) is 9.59 Å². The van der Waals surface area contributed by atoms with Crippen LogP contribution in [0.2, 0.25) is 5.02 Å². The van der Waals surface area contributed by atoms with E-state index in [0.717, 1.165) is 10.0 Å². The van der Waals surface area contributed by atoms with Gasteiger partial charge in [-0.25, -0.2) is 0 Å². The molecule has 0 saturated carbocycles. The van der Waals surface area contributed by atoms with E-state index in [1.54, 1.807) is 19.1 Å². The van der Waals surface area contributed by atoms with E-state index in [1.807, 2.05) is 6.07 Å². The zero-order valence-electron chi connectivity index (χ0n) is 10.5. The maximum Gasteiger partial charge on any atom is 0.323 e. The van der Waals surface area contributed by atoms with Crippen molar-refractivity contribution < 1.29 is 14.7 Å².